The summed E-state index contributed by atoms with van der Waals surface area (Å²) in [7, 11) is 0. The first kappa shape index (κ1) is 18.7. The third kappa shape index (κ3) is 4.76. The molecule has 2 aromatic rings. The number of hydrogen-bond donors (Lipinski definition) is 1. The van der Waals surface area contributed by atoms with E-state index in [1.165, 1.54) is 5.56 Å². The summed E-state index contributed by atoms with van der Waals surface area (Å²) in [6.45, 7) is 3.84. The largest absolute Gasteiger partial charge is 0.488 e. The number of fused-ring (bicyclic) bond motifs is 1. The molecule has 1 heterocycles. The first-order valence-corrected chi connectivity index (χ1v) is 9.02. The molecule has 0 radical (unpaired) electrons. The molecule has 0 bridgehead atoms. The Labute approximate surface area is 159 Å². The summed E-state index contributed by atoms with van der Waals surface area (Å²) in [6, 6.07) is 15.4. The molecule has 1 atom stereocenters. The fourth-order valence-electron chi connectivity index (χ4n) is 2.91. The number of para-hydroxylation sites is 1. The van der Waals surface area contributed by atoms with Gasteiger partial charge < -0.3 is 14.8 Å². The SMILES string of the molecule is CC[C@@H](NC(=O)COC(=O)C1=Cc2ccccc2OC1)c1ccc(C)cc1. The second kappa shape index (κ2) is 8.54. The van der Waals surface area contributed by atoms with Gasteiger partial charge in [0.05, 0.1) is 11.6 Å². The average Bonchev–Trinajstić information content (AvgIpc) is 2.70. The molecule has 140 valence electrons. The smallest absolute Gasteiger partial charge is 0.338 e. The van der Waals surface area contributed by atoms with Crippen molar-refractivity contribution in [1.29, 1.82) is 0 Å². The Hall–Kier alpha value is -3.08. The monoisotopic (exact) mass is 365 g/mol. The van der Waals surface area contributed by atoms with Gasteiger partial charge in [0.25, 0.3) is 5.91 Å². The van der Waals surface area contributed by atoms with Crippen LogP contribution in [0, 0.1) is 6.92 Å². The van der Waals surface area contributed by atoms with Gasteiger partial charge in [0.1, 0.15) is 12.4 Å². The molecule has 2 aromatic carbocycles. The van der Waals surface area contributed by atoms with Crippen LogP contribution in [0.5, 0.6) is 5.75 Å². The molecule has 0 aliphatic carbocycles. The predicted molar refractivity (Wildman–Crippen MR) is 103 cm³/mol. The molecule has 0 aromatic heterocycles. The first-order chi connectivity index (χ1) is 13.1. The maximum atomic E-state index is 12.2. The maximum Gasteiger partial charge on any atom is 0.338 e. The molecule has 0 unspecified atom stereocenters. The summed E-state index contributed by atoms with van der Waals surface area (Å²) in [5.41, 5.74) is 3.42. The lowest BCUT2D eigenvalue weighted by molar-refractivity contribution is -0.145. The molecule has 0 saturated carbocycles. The number of aryl methyl sites for hydroxylation is 1. The van der Waals surface area contributed by atoms with E-state index in [1.54, 1.807) is 6.08 Å². The zero-order valence-corrected chi connectivity index (χ0v) is 15.5. The van der Waals surface area contributed by atoms with Crippen LogP contribution in [-0.2, 0) is 14.3 Å². The van der Waals surface area contributed by atoms with Crippen LogP contribution in [0.3, 0.4) is 0 Å². The Bertz CT molecular complexity index is 855. The summed E-state index contributed by atoms with van der Waals surface area (Å²) in [6.07, 6.45) is 2.48. The number of esters is 1. The van der Waals surface area contributed by atoms with E-state index in [-0.39, 0.29) is 25.2 Å². The number of amides is 1. The highest BCUT2D eigenvalue weighted by molar-refractivity contribution is 5.96. The van der Waals surface area contributed by atoms with E-state index in [2.05, 4.69) is 5.32 Å². The maximum absolute atomic E-state index is 12.2. The lowest BCUT2D eigenvalue weighted by Crippen LogP contribution is -2.32. The van der Waals surface area contributed by atoms with Gasteiger partial charge >= 0.3 is 5.97 Å². The molecule has 5 nitrogen and oxygen atoms in total. The van der Waals surface area contributed by atoms with Crippen molar-refractivity contribution >= 4 is 18.0 Å². The van der Waals surface area contributed by atoms with Crippen LogP contribution in [-0.4, -0.2) is 25.1 Å². The number of nitrogens with one attached hydrogen (secondary N) is 1. The van der Waals surface area contributed by atoms with E-state index in [9.17, 15) is 9.59 Å². The zero-order valence-electron chi connectivity index (χ0n) is 15.5. The van der Waals surface area contributed by atoms with E-state index in [1.807, 2.05) is 62.4 Å². The predicted octanol–water partition coefficient (Wildman–Crippen LogP) is 3.58. The van der Waals surface area contributed by atoms with E-state index in [0.717, 1.165) is 23.3 Å². The van der Waals surface area contributed by atoms with Crippen molar-refractivity contribution in [3.05, 3.63) is 70.8 Å². The van der Waals surface area contributed by atoms with Gasteiger partial charge in [-0.25, -0.2) is 4.79 Å². The number of ether oxygens (including phenoxy) is 2. The lowest BCUT2D eigenvalue weighted by Gasteiger charge is -2.19. The highest BCUT2D eigenvalue weighted by Gasteiger charge is 2.20. The van der Waals surface area contributed by atoms with E-state index >= 15 is 0 Å². The Morgan fingerprint density at radius 1 is 1.15 bits per heavy atom. The van der Waals surface area contributed by atoms with Crippen LogP contribution < -0.4 is 10.1 Å². The molecule has 0 fully saturated rings. The molecule has 27 heavy (non-hydrogen) atoms. The molecule has 1 aliphatic heterocycles. The fraction of sp³-hybridized carbons (Fsp3) is 0.273. The second-order valence-electron chi connectivity index (χ2n) is 6.51. The van der Waals surface area contributed by atoms with Gasteiger partial charge in [-0.2, -0.15) is 0 Å². The Morgan fingerprint density at radius 3 is 2.63 bits per heavy atom. The van der Waals surface area contributed by atoms with Crippen LogP contribution >= 0.6 is 0 Å². The molecule has 3 rings (SSSR count). The van der Waals surface area contributed by atoms with Gasteiger partial charge in [-0.1, -0.05) is 55.0 Å². The van der Waals surface area contributed by atoms with Crippen molar-refractivity contribution in [3.8, 4) is 5.75 Å². The Morgan fingerprint density at radius 2 is 1.89 bits per heavy atom. The van der Waals surface area contributed by atoms with Crippen molar-refractivity contribution in [1.82, 2.24) is 5.32 Å². The number of rotatable bonds is 6. The molecule has 0 spiro atoms. The van der Waals surface area contributed by atoms with Crippen molar-refractivity contribution in [2.45, 2.75) is 26.3 Å². The summed E-state index contributed by atoms with van der Waals surface area (Å²) < 4.78 is 10.7. The summed E-state index contributed by atoms with van der Waals surface area (Å²) >= 11 is 0. The van der Waals surface area contributed by atoms with E-state index < -0.39 is 5.97 Å². The minimum atomic E-state index is -0.539. The molecule has 0 saturated heterocycles. The molecular formula is C22H23NO4. The quantitative estimate of drug-likeness (QED) is 0.795. The fourth-order valence-corrected chi connectivity index (χ4v) is 2.91. The Balaban J connectivity index is 1.55. The van der Waals surface area contributed by atoms with Crippen molar-refractivity contribution < 1.29 is 19.1 Å². The number of hydrogen-bond acceptors (Lipinski definition) is 4. The molecule has 1 N–H and O–H groups in total. The van der Waals surface area contributed by atoms with Crippen molar-refractivity contribution in [2.24, 2.45) is 0 Å². The number of carbonyl (C=O) groups excluding carboxylic acids is 2. The summed E-state index contributed by atoms with van der Waals surface area (Å²) in [5.74, 6) is -0.132. The highest BCUT2D eigenvalue weighted by Crippen LogP contribution is 2.26. The topological polar surface area (TPSA) is 64.6 Å². The van der Waals surface area contributed by atoms with Gasteiger partial charge in [-0.15, -0.1) is 0 Å². The third-order valence-corrected chi connectivity index (χ3v) is 4.45. The minimum absolute atomic E-state index is 0.110. The van der Waals surface area contributed by atoms with Crippen LogP contribution in [0.25, 0.3) is 6.08 Å². The van der Waals surface area contributed by atoms with Crippen LogP contribution in [0.1, 0.15) is 36.1 Å². The van der Waals surface area contributed by atoms with Gasteiger partial charge in [-0.05, 0) is 31.1 Å². The van der Waals surface area contributed by atoms with Gasteiger partial charge in [0, 0.05) is 5.56 Å². The minimum Gasteiger partial charge on any atom is -0.488 e. The van der Waals surface area contributed by atoms with E-state index in [0.29, 0.717) is 5.57 Å². The lowest BCUT2D eigenvalue weighted by atomic mass is 10.0. The molecule has 1 aliphatic rings. The average molecular weight is 365 g/mol. The Kier molecular flexibility index (Phi) is 5.91. The number of benzene rings is 2. The second-order valence-corrected chi connectivity index (χ2v) is 6.51. The van der Waals surface area contributed by atoms with Crippen LogP contribution in [0.4, 0.5) is 0 Å². The normalized spacial score (nSPS) is 13.6. The van der Waals surface area contributed by atoms with Gasteiger partial charge in [0.2, 0.25) is 0 Å². The van der Waals surface area contributed by atoms with Crippen LogP contribution in [0.2, 0.25) is 0 Å². The third-order valence-electron chi connectivity index (χ3n) is 4.45. The van der Waals surface area contributed by atoms with Gasteiger partial charge in [-0.3, -0.25) is 4.79 Å². The highest BCUT2D eigenvalue weighted by atomic mass is 16.5. The molecular weight excluding hydrogens is 342 g/mol. The van der Waals surface area contributed by atoms with Crippen molar-refractivity contribution in [2.75, 3.05) is 13.2 Å². The van der Waals surface area contributed by atoms with Crippen molar-refractivity contribution in [3.63, 3.8) is 0 Å². The summed E-state index contributed by atoms with van der Waals surface area (Å²) in [5, 5.41) is 2.91. The molecule has 1 amide bonds. The summed E-state index contributed by atoms with van der Waals surface area (Å²) in [4.78, 5) is 24.4. The zero-order chi connectivity index (χ0) is 19.2. The molecule has 5 heteroatoms. The van der Waals surface area contributed by atoms with E-state index in [4.69, 9.17) is 9.47 Å². The standard InChI is InChI=1S/C22H23NO4/c1-3-19(16-10-8-15(2)9-11-16)23-21(24)14-27-22(25)18-12-17-6-4-5-7-20(17)26-13-18/h4-12,19H,3,13-14H2,1-2H3,(H,23,24)/t19-/m1/s1. The van der Waals surface area contributed by atoms with Gasteiger partial charge in [0.15, 0.2) is 6.61 Å². The van der Waals surface area contributed by atoms with Crippen LogP contribution in [0.15, 0.2) is 54.1 Å². The first-order valence-electron chi connectivity index (χ1n) is 9.02. The number of carbonyl (C=O) groups is 2.